The number of nitriles is 1. The maximum absolute atomic E-state index is 12.5. The van der Waals surface area contributed by atoms with Gasteiger partial charge in [0.1, 0.15) is 5.54 Å². The molecule has 0 radical (unpaired) electrons. The number of aromatic amines is 1. The topological polar surface area (TPSA) is 85.8 Å². The van der Waals surface area contributed by atoms with Crippen molar-refractivity contribution in [2.24, 2.45) is 0 Å². The predicted molar refractivity (Wildman–Crippen MR) is 78.8 cm³/mol. The number of fused-ring (bicyclic) bond motifs is 1. The number of aromatic nitrogens is 1. The number of hydrogen-bond acceptors (Lipinski definition) is 3. The smallest absolute Gasteiger partial charge is 0.253 e. The van der Waals surface area contributed by atoms with Gasteiger partial charge in [0.05, 0.1) is 11.6 Å². The molecule has 1 aliphatic carbocycles. The Bertz CT molecular complexity index is 795. The molecule has 1 fully saturated rings. The van der Waals surface area contributed by atoms with Gasteiger partial charge in [0.25, 0.3) is 5.91 Å². The van der Waals surface area contributed by atoms with Crippen LogP contribution < -0.4 is 10.9 Å². The molecule has 106 valence electrons. The molecule has 0 spiro atoms. The highest BCUT2D eigenvalue weighted by atomic mass is 16.2. The Morgan fingerprint density at radius 3 is 2.71 bits per heavy atom. The van der Waals surface area contributed by atoms with Gasteiger partial charge in [-0.2, -0.15) is 5.26 Å². The van der Waals surface area contributed by atoms with E-state index in [1.165, 1.54) is 6.07 Å². The average Bonchev–Trinajstić information content (AvgIpc) is 2.95. The van der Waals surface area contributed by atoms with Crippen molar-refractivity contribution in [1.82, 2.24) is 10.3 Å². The largest absolute Gasteiger partial charge is 0.334 e. The van der Waals surface area contributed by atoms with Crippen molar-refractivity contribution in [1.29, 1.82) is 5.26 Å². The third-order valence-corrected chi connectivity index (χ3v) is 4.02. The standard InChI is InChI=1S/C16H15N3O2/c17-10-16(7-3-4-8-16)19-15(21)12-9-14(20)18-13-6-2-1-5-11(12)13/h1-2,5-6,9H,3-4,7-8H2,(H,18,20)(H,19,21). The van der Waals surface area contributed by atoms with Crippen LogP contribution in [0.3, 0.4) is 0 Å². The van der Waals surface area contributed by atoms with Gasteiger partial charge in [-0.25, -0.2) is 0 Å². The maximum atomic E-state index is 12.5. The van der Waals surface area contributed by atoms with Crippen LogP contribution in [0.25, 0.3) is 10.9 Å². The highest BCUT2D eigenvalue weighted by molar-refractivity contribution is 6.06. The molecule has 2 N–H and O–H groups in total. The summed E-state index contributed by atoms with van der Waals surface area (Å²) in [6.07, 6.45) is 3.20. The minimum Gasteiger partial charge on any atom is -0.334 e. The van der Waals surface area contributed by atoms with Crippen molar-refractivity contribution >= 4 is 16.8 Å². The molecule has 1 heterocycles. The van der Waals surface area contributed by atoms with Crippen LogP contribution >= 0.6 is 0 Å². The highest BCUT2D eigenvalue weighted by Gasteiger charge is 2.35. The van der Waals surface area contributed by atoms with E-state index in [0.29, 0.717) is 29.3 Å². The molecule has 2 aromatic rings. The van der Waals surface area contributed by atoms with Crippen LogP contribution in [0.2, 0.25) is 0 Å². The van der Waals surface area contributed by atoms with Crippen molar-refractivity contribution in [2.45, 2.75) is 31.2 Å². The lowest BCUT2D eigenvalue weighted by Crippen LogP contribution is -2.45. The number of rotatable bonds is 2. The summed E-state index contributed by atoms with van der Waals surface area (Å²) in [6, 6.07) is 10.7. The predicted octanol–water partition coefficient (Wildman–Crippen LogP) is 2.09. The molecule has 1 saturated carbocycles. The number of carbonyl (C=O) groups excluding carboxylic acids is 1. The highest BCUT2D eigenvalue weighted by Crippen LogP contribution is 2.29. The monoisotopic (exact) mass is 281 g/mol. The van der Waals surface area contributed by atoms with E-state index in [2.05, 4.69) is 16.4 Å². The Labute approximate surface area is 121 Å². The number of para-hydroxylation sites is 1. The number of H-pyrrole nitrogens is 1. The quantitative estimate of drug-likeness (QED) is 0.883. The summed E-state index contributed by atoms with van der Waals surface area (Å²) in [5, 5.41) is 12.9. The Hall–Kier alpha value is -2.61. The molecule has 21 heavy (non-hydrogen) atoms. The lowest BCUT2D eigenvalue weighted by atomic mass is 9.98. The number of hydrogen-bond donors (Lipinski definition) is 2. The Kier molecular flexibility index (Phi) is 3.22. The first-order valence-corrected chi connectivity index (χ1v) is 6.99. The Morgan fingerprint density at radius 1 is 1.29 bits per heavy atom. The molecule has 1 aliphatic rings. The molecule has 0 bridgehead atoms. The molecular formula is C16H15N3O2. The fourth-order valence-electron chi connectivity index (χ4n) is 2.92. The minimum absolute atomic E-state index is 0.316. The van der Waals surface area contributed by atoms with E-state index in [1.54, 1.807) is 18.2 Å². The van der Waals surface area contributed by atoms with Gasteiger partial charge in [0.15, 0.2) is 0 Å². The number of nitrogens with zero attached hydrogens (tertiary/aromatic N) is 1. The molecule has 3 rings (SSSR count). The van der Waals surface area contributed by atoms with E-state index in [9.17, 15) is 14.9 Å². The van der Waals surface area contributed by atoms with Crippen molar-refractivity contribution in [3.8, 4) is 6.07 Å². The van der Waals surface area contributed by atoms with E-state index in [-0.39, 0.29) is 11.5 Å². The molecule has 0 saturated heterocycles. The van der Waals surface area contributed by atoms with Crippen LogP contribution in [0.5, 0.6) is 0 Å². The summed E-state index contributed by atoms with van der Waals surface area (Å²) in [7, 11) is 0. The zero-order valence-electron chi connectivity index (χ0n) is 11.5. The summed E-state index contributed by atoms with van der Waals surface area (Å²) in [5.41, 5.74) is -0.180. The van der Waals surface area contributed by atoms with E-state index in [0.717, 1.165) is 12.8 Å². The lowest BCUT2D eigenvalue weighted by molar-refractivity contribution is 0.0922. The second-order valence-electron chi connectivity index (χ2n) is 5.45. The molecule has 0 atom stereocenters. The number of nitrogens with one attached hydrogen (secondary N) is 2. The fraction of sp³-hybridized carbons (Fsp3) is 0.312. The molecular weight excluding hydrogens is 266 g/mol. The zero-order chi connectivity index (χ0) is 14.9. The number of carbonyl (C=O) groups is 1. The number of benzene rings is 1. The third-order valence-electron chi connectivity index (χ3n) is 4.02. The van der Waals surface area contributed by atoms with Gasteiger partial charge in [0.2, 0.25) is 5.56 Å². The second kappa shape index (κ2) is 5.06. The molecule has 5 nitrogen and oxygen atoms in total. The normalized spacial score (nSPS) is 16.5. The summed E-state index contributed by atoms with van der Waals surface area (Å²) in [5.74, 6) is -0.360. The van der Waals surface area contributed by atoms with Crippen LogP contribution in [0.4, 0.5) is 0 Å². The van der Waals surface area contributed by atoms with Gasteiger partial charge >= 0.3 is 0 Å². The summed E-state index contributed by atoms with van der Waals surface area (Å²) in [4.78, 5) is 26.9. The molecule has 1 aromatic heterocycles. The zero-order valence-corrected chi connectivity index (χ0v) is 11.5. The average molecular weight is 281 g/mol. The summed E-state index contributed by atoms with van der Waals surface area (Å²) < 4.78 is 0. The van der Waals surface area contributed by atoms with Gasteiger partial charge in [-0.1, -0.05) is 18.2 Å². The molecule has 1 amide bonds. The SMILES string of the molecule is N#CC1(NC(=O)c2cc(=O)[nH]c3ccccc23)CCCC1. The van der Waals surface area contributed by atoms with Crippen LogP contribution in [-0.4, -0.2) is 16.4 Å². The van der Waals surface area contributed by atoms with E-state index in [4.69, 9.17) is 0 Å². The minimum atomic E-state index is -0.791. The van der Waals surface area contributed by atoms with Crippen molar-refractivity contribution in [3.05, 3.63) is 46.2 Å². The van der Waals surface area contributed by atoms with Gasteiger partial charge in [-0.15, -0.1) is 0 Å². The van der Waals surface area contributed by atoms with Gasteiger partial charge < -0.3 is 10.3 Å². The first-order chi connectivity index (χ1) is 10.1. The van der Waals surface area contributed by atoms with Crippen LogP contribution in [0, 0.1) is 11.3 Å². The van der Waals surface area contributed by atoms with Crippen LogP contribution in [0.1, 0.15) is 36.0 Å². The van der Waals surface area contributed by atoms with E-state index < -0.39 is 5.54 Å². The number of pyridine rings is 1. The Balaban J connectivity index is 2.02. The van der Waals surface area contributed by atoms with Crippen LogP contribution in [-0.2, 0) is 0 Å². The molecule has 5 heteroatoms. The van der Waals surface area contributed by atoms with Crippen molar-refractivity contribution in [3.63, 3.8) is 0 Å². The summed E-state index contributed by atoms with van der Waals surface area (Å²) >= 11 is 0. The number of amides is 1. The third kappa shape index (κ3) is 2.40. The lowest BCUT2D eigenvalue weighted by Gasteiger charge is -2.22. The summed E-state index contributed by atoms with van der Waals surface area (Å²) in [6.45, 7) is 0. The molecule has 1 aromatic carbocycles. The van der Waals surface area contributed by atoms with Gasteiger partial charge in [-0.05, 0) is 31.7 Å². The first-order valence-electron chi connectivity index (χ1n) is 6.99. The maximum Gasteiger partial charge on any atom is 0.253 e. The van der Waals surface area contributed by atoms with Crippen molar-refractivity contribution < 1.29 is 4.79 Å². The van der Waals surface area contributed by atoms with E-state index in [1.807, 2.05) is 6.07 Å². The first kappa shape index (κ1) is 13.4. The van der Waals surface area contributed by atoms with Gasteiger partial charge in [-0.3, -0.25) is 9.59 Å². The van der Waals surface area contributed by atoms with E-state index >= 15 is 0 Å². The molecule has 0 aliphatic heterocycles. The second-order valence-corrected chi connectivity index (χ2v) is 5.45. The Morgan fingerprint density at radius 2 is 2.00 bits per heavy atom. The van der Waals surface area contributed by atoms with Crippen LogP contribution in [0.15, 0.2) is 35.1 Å². The molecule has 0 unspecified atom stereocenters. The van der Waals surface area contributed by atoms with Crippen molar-refractivity contribution in [2.75, 3.05) is 0 Å². The van der Waals surface area contributed by atoms with Gasteiger partial charge in [0, 0.05) is 17.0 Å². The fourth-order valence-corrected chi connectivity index (χ4v) is 2.92.